The molecule has 3 heteroatoms. The van der Waals surface area contributed by atoms with E-state index >= 15 is 0 Å². The number of benzene rings is 1. The summed E-state index contributed by atoms with van der Waals surface area (Å²) in [5.74, 6) is 0.138. The minimum absolute atomic E-state index is 0.0978. The fourth-order valence-electron chi connectivity index (χ4n) is 2.44. The van der Waals surface area contributed by atoms with Crippen LogP contribution < -0.4 is 0 Å². The van der Waals surface area contributed by atoms with Gasteiger partial charge in [0.15, 0.2) is 0 Å². The Labute approximate surface area is 117 Å². The second-order valence-corrected chi connectivity index (χ2v) is 5.13. The third-order valence-electron chi connectivity index (χ3n) is 3.38. The van der Waals surface area contributed by atoms with Gasteiger partial charge in [-0.15, -0.1) is 0 Å². The van der Waals surface area contributed by atoms with Crippen LogP contribution in [0.25, 0.3) is 0 Å². The molecule has 0 N–H and O–H groups in total. The summed E-state index contributed by atoms with van der Waals surface area (Å²) in [6.07, 6.45) is 5.45. The Morgan fingerprint density at radius 1 is 1.39 bits per heavy atom. The molecule has 0 aromatic heterocycles. The molecule has 1 atom stereocenters. The zero-order valence-electron chi connectivity index (χ0n) is 10.6. The molecule has 2 nitrogen and oxygen atoms in total. The number of nitrogens with zero attached hydrogens (tertiary/aromatic N) is 1. The third kappa shape index (κ3) is 2.83. The molecule has 0 saturated heterocycles. The molecule has 2 rings (SSSR count). The second-order valence-electron chi connectivity index (χ2n) is 4.57. The largest absolute Gasteiger partial charge is 0.309 e. The van der Waals surface area contributed by atoms with Gasteiger partial charge in [0.25, 0.3) is 0 Å². The fraction of sp³-hybridized carbons (Fsp3) is 0.400. The molecule has 96 valence electrons. The van der Waals surface area contributed by atoms with E-state index in [1.165, 1.54) is 11.3 Å². The third-order valence-corrected chi connectivity index (χ3v) is 3.86. The van der Waals surface area contributed by atoms with Crippen molar-refractivity contribution < 1.29 is 4.79 Å². The highest BCUT2D eigenvalue weighted by atomic mass is 79.9. The zero-order chi connectivity index (χ0) is 13.0. The number of hydrogen-bond donors (Lipinski definition) is 0. The zero-order valence-corrected chi connectivity index (χ0v) is 12.2. The predicted octanol–water partition coefficient (Wildman–Crippen LogP) is 4.04. The van der Waals surface area contributed by atoms with Gasteiger partial charge in [0.2, 0.25) is 5.91 Å². The van der Waals surface area contributed by atoms with Crippen molar-refractivity contribution in [3.8, 4) is 0 Å². The number of carbonyl (C=O) groups is 1. The maximum absolute atomic E-state index is 12.2. The van der Waals surface area contributed by atoms with Crippen LogP contribution in [-0.4, -0.2) is 16.1 Å². The summed E-state index contributed by atoms with van der Waals surface area (Å²) in [5.41, 5.74) is 2.36. The summed E-state index contributed by atoms with van der Waals surface area (Å²) in [5, 5.41) is 0.377. The van der Waals surface area contributed by atoms with Crippen molar-refractivity contribution in [1.82, 2.24) is 4.90 Å². The van der Waals surface area contributed by atoms with Crippen molar-refractivity contribution in [1.29, 1.82) is 0 Å². The maximum atomic E-state index is 12.2. The van der Waals surface area contributed by atoms with Crippen LogP contribution in [0, 0.1) is 0 Å². The van der Waals surface area contributed by atoms with Gasteiger partial charge in [-0.3, -0.25) is 4.79 Å². The Hall–Kier alpha value is -1.09. The summed E-state index contributed by atoms with van der Waals surface area (Å²) in [6, 6.07) is 10.3. The quantitative estimate of drug-likeness (QED) is 0.769. The van der Waals surface area contributed by atoms with E-state index in [1.807, 2.05) is 23.1 Å². The fourth-order valence-corrected chi connectivity index (χ4v) is 2.71. The Bertz CT molecular complexity index is 441. The Morgan fingerprint density at radius 3 is 2.67 bits per heavy atom. The Balaban J connectivity index is 2.26. The average Bonchev–Trinajstić information content (AvgIpc) is 2.93. The van der Waals surface area contributed by atoms with Gasteiger partial charge in [-0.1, -0.05) is 52.3 Å². The molecule has 0 unspecified atom stereocenters. The minimum Gasteiger partial charge on any atom is -0.309 e. The van der Waals surface area contributed by atoms with Gasteiger partial charge in [0, 0.05) is 5.70 Å². The van der Waals surface area contributed by atoms with Gasteiger partial charge in [-0.25, -0.2) is 0 Å². The lowest BCUT2D eigenvalue weighted by Crippen LogP contribution is -2.33. The molecule has 0 aliphatic heterocycles. The number of allylic oxidation sites excluding steroid dienone is 2. The number of amides is 1. The molecular formula is C15H18BrNO. The van der Waals surface area contributed by atoms with Crippen molar-refractivity contribution in [2.45, 2.75) is 32.2 Å². The van der Waals surface area contributed by atoms with E-state index in [1.54, 1.807) is 0 Å². The predicted molar refractivity (Wildman–Crippen MR) is 77.4 cm³/mol. The first-order valence-corrected chi connectivity index (χ1v) is 7.48. The van der Waals surface area contributed by atoms with Crippen molar-refractivity contribution in [3.63, 3.8) is 0 Å². The standard InChI is InChI=1S/C15H18BrNO/c1-12(13-7-3-2-4-8-13)17(15(18)11-16)14-9-5-6-10-14/h2-4,7-9,12H,5-6,10-11H2,1H3/t12-/m1/s1. The maximum Gasteiger partial charge on any atom is 0.237 e. The highest BCUT2D eigenvalue weighted by molar-refractivity contribution is 9.09. The van der Waals surface area contributed by atoms with Crippen LogP contribution in [0.2, 0.25) is 0 Å². The van der Waals surface area contributed by atoms with Gasteiger partial charge >= 0.3 is 0 Å². The lowest BCUT2D eigenvalue weighted by atomic mass is 10.1. The van der Waals surface area contributed by atoms with Crippen LogP contribution in [0.4, 0.5) is 0 Å². The monoisotopic (exact) mass is 307 g/mol. The topological polar surface area (TPSA) is 20.3 Å². The first kappa shape index (κ1) is 13.3. The molecule has 0 bridgehead atoms. The summed E-state index contributed by atoms with van der Waals surface area (Å²) in [6.45, 7) is 2.09. The molecule has 1 aromatic rings. The molecule has 0 radical (unpaired) electrons. The molecule has 0 saturated carbocycles. The number of carbonyl (C=O) groups excluding carboxylic acids is 1. The van der Waals surface area contributed by atoms with Gasteiger partial charge in [0.1, 0.15) is 0 Å². The van der Waals surface area contributed by atoms with Gasteiger partial charge in [-0.2, -0.15) is 0 Å². The van der Waals surface area contributed by atoms with Crippen LogP contribution in [-0.2, 0) is 4.79 Å². The lowest BCUT2D eigenvalue weighted by Gasteiger charge is -2.30. The highest BCUT2D eigenvalue weighted by Crippen LogP contribution is 2.30. The van der Waals surface area contributed by atoms with Crippen LogP contribution in [0.5, 0.6) is 0 Å². The van der Waals surface area contributed by atoms with E-state index in [2.05, 4.69) is 41.1 Å². The van der Waals surface area contributed by atoms with Crippen molar-refractivity contribution in [2.24, 2.45) is 0 Å². The van der Waals surface area contributed by atoms with Gasteiger partial charge in [0.05, 0.1) is 11.4 Å². The molecule has 18 heavy (non-hydrogen) atoms. The van der Waals surface area contributed by atoms with E-state index in [0.717, 1.165) is 19.3 Å². The number of halogens is 1. The highest BCUT2D eigenvalue weighted by Gasteiger charge is 2.25. The summed E-state index contributed by atoms with van der Waals surface area (Å²) >= 11 is 3.28. The van der Waals surface area contributed by atoms with Gasteiger partial charge < -0.3 is 4.90 Å². The first-order chi connectivity index (χ1) is 8.74. The van der Waals surface area contributed by atoms with E-state index in [0.29, 0.717) is 5.33 Å². The van der Waals surface area contributed by atoms with Crippen LogP contribution in [0.3, 0.4) is 0 Å². The Morgan fingerprint density at radius 2 is 2.11 bits per heavy atom. The SMILES string of the molecule is C[C@H](c1ccccc1)N(C(=O)CBr)C1=CCCC1. The number of alkyl halides is 1. The van der Waals surface area contributed by atoms with Crippen molar-refractivity contribution >= 4 is 21.8 Å². The van der Waals surface area contributed by atoms with E-state index in [4.69, 9.17) is 0 Å². The van der Waals surface area contributed by atoms with E-state index < -0.39 is 0 Å². The number of hydrogen-bond acceptors (Lipinski definition) is 1. The van der Waals surface area contributed by atoms with Gasteiger partial charge in [-0.05, 0) is 31.7 Å². The van der Waals surface area contributed by atoms with E-state index in [9.17, 15) is 4.79 Å². The lowest BCUT2D eigenvalue weighted by molar-refractivity contribution is -0.128. The summed E-state index contributed by atoms with van der Waals surface area (Å²) < 4.78 is 0. The van der Waals surface area contributed by atoms with Crippen molar-refractivity contribution in [3.05, 3.63) is 47.7 Å². The van der Waals surface area contributed by atoms with E-state index in [-0.39, 0.29) is 11.9 Å². The normalized spacial score (nSPS) is 16.2. The summed E-state index contributed by atoms with van der Waals surface area (Å²) in [4.78, 5) is 14.1. The molecule has 1 aliphatic carbocycles. The smallest absolute Gasteiger partial charge is 0.237 e. The van der Waals surface area contributed by atoms with Crippen molar-refractivity contribution in [2.75, 3.05) is 5.33 Å². The first-order valence-electron chi connectivity index (χ1n) is 6.36. The average molecular weight is 308 g/mol. The van der Waals surface area contributed by atoms with Crippen LogP contribution >= 0.6 is 15.9 Å². The second kappa shape index (κ2) is 6.19. The molecule has 1 aromatic carbocycles. The molecule has 0 heterocycles. The number of rotatable bonds is 4. The minimum atomic E-state index is 0.0978. The molecular weight excluding hydrogens is 290 g/mol. The Kier molecular flexibility index (Phi) is 4.59. The van der Waals surface area contributed by atoms with Crippen LogP contribution in [0.1, 0.15) is 37.8 Å². The molecule has 0 spiro atoms. The molecule has 1 aliphatic rings. The molecule has 1 amide bonds. The molecule has 0 fully saturated rings. The van der Waals surface area contributed by atoms with Crippen LogP contribution in [0.15, 0.2) is 42.1 Å². The summed E-state index contributed by atoms with van der Waals surface area (Å²) in [7, 11) is 0.